The standard InChI is InChI=1S/C33H50F3N3O6/c1-22-19-39(23(2)21-40)32(43)27-18-26(37-31(42)25-11-6-5-7-12-25)13-14-28(27)45-24(3)10-8-9-17-44-29(22)20-38(4)30(41)15-16-33(34,35)36/h13-14,18,22-25,29,40H,5-12,15-17,19-21H2,1-4H3,(H,37,42)/t22-,23+,24+,29-/m0/s1. The average molecular weight is 642 g/mol. The van der Waals surface area contributed by atoms with Crippen LogP contribution in [0.4, 0.5) is 18.9 Å². The Morgan fingerprint density at radius 1 is 1.11 bits per heavy atom. The Morgan fingerprint density at radius 3 is 2.47 bits per heavy atom. The molecule has 1 fully saturated rings. The number of aliphatic hydroxyl groups excluding tert-OH is 1. The number of rotatable bonds is 8. The number of aliphatic hydroxyl groups is 1. The molecule has 2 N–H and O–H groups in total. The van der Waals surface area contributed by atoms with Crippen molar-refractivity contribution >= 4 is 23.4 Å². The molecule has 0 saturated heterocycles. The van der Waals surface area contributed by atoms with Crippen LogP contribution >= 0.6 is 0 Å². The van der Waals surface area contributed by atoms with E-state index < -0.39 is 43.0 Å². The number of halogens is 3. The van der Waals surface area contributed by atoms with Crippen molar-refractivity contribution in [1.29, 1.82) is 0 Å². The van der Waals surface area contributed by atoms with Gasteiger partial charge in [-0.1, -0.05) is 26.2 Å². The van der Waals surface area contributed by atoms with Crippen LogP contribution in [-0.2, 0) is 14.3 Å². The van der Waals surface area contributed by atoms with Crippen molar-refractivity contribution in [1.82, 2.24) is 9.80 Å². The maximum atomic E-state index is 14.2. The first kappa shape index (κ1) is 36.6. The highest BCUT2D eigenvalue weighted by Crippen LogP contribution is 2.30. The van der Waals surface area contributed by atoms with Gasteiger partial charge in [0.25, 0.3) is 5.91 Å². The lowest BCUT2D eigenvalue weighted by atomic mass is 9.88. The van der Waals surface area contributed by atoms with Gasteiger partial charge in [-0.2, -0.15) is 13.2 Å². The Hall–Kier alpha value is -2.86. The zero-order chi connectivity index (χ0) is 33.1. The second-order valence-corrected chi connectivity index (χ2v) is 12.7. The van der Waals surface area contributed by atoms with Crippen LogP contribution in [0, 0.1) is 11.8 Å². The lowest BCUT2D eigenvalue weighted by Crippen LogP contribution is -2.48. The molecule has 0 radical (unpaired) electrons. The molecule has 9 nitrogen and oxygen atoms in total. The quantitative estimate of drug-likeness (QED) is 0.372. The first-order chi connectivity index (χ1) is 21.3. The van der Waals surface area contributed by atoms with E-state index in [-0.39, 0.29) is 49.1 Å². The predicted molar refractivity (Wildman–Crippen MR) is 165 cm³/mol. The van der Waals surface area contributed by atoms with E-state index in [9.17, 15) is 32.7 Å². The Labute approximate surface area is 264 Å². The van der Waals surface area contributed by atoms with Crippen molar-refractivity contribution in [3.8, 4) is 5.75 Å². The first-order valence-electron chi connectivity index (χ1n) is 16.2. The Balaban J connectivity index is 1.88. The molecule has 45 heavy (non-hydrogen) atoms. The Kier molecular flexibility index (Phi) is 14.0. The molecule has 1 aromatic carbocycles. The molecule has 1 aliphatic carbocycles. The van der Waals surface area contributed by atoms with Crippen LogP contribution in [0.3, 0.4) is 0 Å². The zero-order valence-electron chi connectivity index (χ0n) is 27.0. The van der Waals surface area contributed by atoms with Crippen LogP contribution in [0.15, 0.2) is 18.2 Å². The largest absolute Gasteiger partial charge is 0.490 e. The number of fused-ring (bicyclic) bond motifs is 1. The summed E-state index contributed by atoms with van der Waals surface area (Å²) in [6.07, 6.45) is -0.0793. The third-order valence-corrected chi connectivity index (χ3v) is 8.80. The molecule has 0 unspecified atom stereocenters. The molecule has 254 valence electrons. The molecule has 2 aliphatic rings. The normalized spacial score (nSPS) is 23.3. The molecular weight excluding hydrogens is 591 g/mol. The minimum Gasteiger partial charge on any atom is -0.490 e. The van der Waals surface area contributed by atoms with E-state index in [2.05, 4.69) is 5.32 Å². The smallest absolute Gasteiger partial charge is 0.389 e. The van der Waals surface area contributed by atoms with Crippen LogP contribution in [0.1, 0.15) is 95.3 Å². The van der Waals surface area contributed by atoms with Crippen LogP contribution in [0.5, 0.6) is 5.75 Å². The monoisotopic (exact) mass is 641 g/mol. The van der Waals surface area contributed by atoms with Crippen molar-refractivity contribution in [2.75, 3.05) is 38.7 Å². The van der Waals surface area contributed by atoms with Crippen molar-refractivity contribution in [2.24, 2.45) is 11.8 Å². The summed E-state index contributed by atoms with van der Waals surface area (Å²) >= 11 is 0. The summed E-state index contributed by atoms with van der Waals surface area (Å²) in [4.78, 5) is 42.5. The number of alkyl halides is 3. The number of carbonyl (C=O) groups is 3. The van der Waals surface area contributed by atoms with Gasteiger partial charge in [0.1, 0.15) is 5.75 Å². The van der Waals surface area contributed by atoms with E-state index in [4.69, 9.17) is 9.47 Å². The summed E-state index contributed by atoms with van der Waals surface area (Å²) < 4.78 is 50.6. The Bertz CT molecular complexity index is 1130. The van der Waals surface area contributed by atoms with Crippen molar-refractivity contribution in [3.05, 3.63) is 23.8 Å². The van der Waals surface area contributed by atoms with Gasteiger partial charge in [0.05, 0.1) is 36.8 Å². The van der Waals surface area contributed by atoms with E-state index in [1.54, 1.807) is 25.1 Å². The summed E-state index contributed by atoms with van der Waals surface area (Å²) in [7, 11) is 1.46. The fourth-order valence-corrected chi connectivity index (χ4v) is 5.88. The summed E-state index contributed by atoms with van der Waals surface area (Å²) in [6, 6.07) is 4.47. The van der Waals surface area contributed by atoms with Crippen LogP contribution in [-0.4, -0.2) is 90.4 Å². The SMILES string of the molecule is C[C@@H]1CCCCO[C@@H](CN(C)C(=O)CCC(F)(F)F)[C@@H](C)CN([C@H](C)CO)C(=O)c2cc(NC(=O)C3CCCCC3)ccc2O1. The molecule has 1 saturated carbocycles. The highest BCUT2D eigenvalue weighted by Gasteiger charge is 2.33. The molecule has 3 amide bonds. The zero-order valence-corrected chi connectivity index (χ0v) is 27.0. The second-order valence-electron chi connectivity index (χ2n) is 12.7. The van der Waals surface area contributed by atoms with Gasteiger partial charge in [0.15, 0.2) is 0 Å². The van der Waals surface area contributed by atoms with Crippen molar-refractivity contribution < 1.29 is 42.1 Å². The van der Waals surface area contributed by atoms with Gasteiger partial charge in [-0.15, -0.1) is 0 Å². The lowest BCUT2D eigenvalue weighted by molar-refractivity contribution is -0.149. The van der Waals surface area contributed by atoms with Crippen molar-refractivity contribution in [2.45, 2.75) is 109 Å². The maximum absolute atomic E-state index is 14.2. The number of ether oxygens (including phenoxy) is 2. The van der Waals surface area contributed by atoms with E-state index in [1.807, 2.05) is 13.8 Å². The van der Waals surface area contributed by atoms with Crippen LogP contribution in [0.2, 0.25) is 0 Å². The maximum Gasteiger partial charge on any atom is 0.389 e. The van der Waals surface area contributed by atoms with Gasteiger partial charge in [-0.3, -0.25) is 14.4 Å². The fraction of sp³-hybridized carbons (Fsp3) is 0.727. The molecule has 0 spiro atoms. The van der Waals surface area contributed by atoms with Gasteiger partial charge in [0, 0.05) is 50.7 Å². The summed E-state index contributed by atoms with van der Waals surface area (Å²) in [6.45, 7) is 5.75. The topological polar surface area (TPSA) is 108 Å². The summed E-state index contributed by atoms with van der Waals surface area (Å²) in [5.41, 5.74) is 0.740. The van der Waals surface area contributed by atoms with E-state index in [0.29, 0.717) is 30.9 Å². The molecule has 1 aromatic rings. The van der Waals surface area contributed by atoms with Gasteiger partial charge in [-0.05, 0) is 64.2 Å². The van der Waals surface area contributed by atoms with E-state index >= 15 is 0 Å². The first-order valence-corrected chi connectivity index (χ1v) is 16.2. The van der Waals surface area contributed by atoms with Gasteiger partial charge >= 0.3 is 6.18 Å². The molecule has 0 bridgehead atoms. The fourth-order valence-electron chi connectivity index (χ4n) is 5.88. The third-order valence-electron chi connectivity index (χ3n) is 8.80. The summed E-state index contributed by atoms with van der Waals surface area (Å²) in [5.74, 6) is -1.14. The summed E-state index contributed by atoms with van der Waals surface area (Å²) in [5, 5.41) is 13.1. The number of hydrogen-bond donors (Lipinski definition) is 2. The second kappa shape index (κ2) is 17.2. The molecule has 3 rings (SSSR count). The molecule has 1 aliphatic heterocycles. The van der Waals surface area contributed by atoms with Crippen LogP contribution < -0.4 is 10.1 Å². The average Bonchev–Trinajstić information content (AvgIpc) is 3.01. The lowest BCUT2D eigenvalue weighted by Gasteiger charge is -2.36. The van der Waals surface area contributed by atoms with E-state index in [1.165, 1.54) is 16.8 Å². The minimum absolute atomic E-state index is 0.0564. The number of nitrogens with zero attached hydrogens (tertiary/aromatic N) is 2. The number of amides is 3. The third kappa shape index (κ3) is 11.5. The number of nitrogens with one attached hydrogen (secondary N) is 1. The number of benzene rings is 1. The highest BCUT2D eigenvalue weighted by atomic mass is 19.4. The predicted octanol–water partition coefficient (Wildman–Crippen LogP) is 5.80. The highest BCUT2D eigenvalue weighted by molar-refractivity contribution is 6.00. The van der Waals surface area contributed by atoms with Crippen LogP contribution in [0.25, 0.3) is 0 Å². The minimum atomic E-state index is -4.43. The van der Waals surface area contributed by atoms with Crippen molar-refractivity contribution in [3.63, 3.8) is 0 Å². The van der Waals surface area contributed by atoms with E-state index in [0.717, 1.165) is 38.5 Å². The molecule has 1 heterocycles. The number of anilines is 1. The number of likely N-dealkylation sites (N-methyl/N-ethyl adjacent to an activating group) is 1. The molecule has 12 heteroatoms. The molecule has 4 atom stereocenters. The molecular formula is C33H50F3N3O6. The molecule has 0 aromatic heterocycles. The van der Waals surface area contributed by atoms with Gasteiger partial charge in [-0.25, -0.2) is 0 Å². The number of carbonyl (C=O) groups excluding carboxylic acids is 3. The van der Waals surface area contributed by atoms with Gasteiger partial charge in [0.2, 0.25) is 11.8 Å². The number of hydrogen-bond acceptors (Lipinski definition) is 6. The van der Waals surface area contributed by atoms with Gasteiger partial charge < -0.3 is 29.7 Å². The Morgan fingerprint density at radius 2 is 1.80 bits per heavy atom.